The molecule has 0 atom stereocenters. The van der Waals surface area contributed by atoms with E-state index in [0.29, 0.717) is 12.8 Å². The second-order valence-corrected chi connectivity index (χ2v) is 6.38. The molecule has 136 valence electrons. The van der Waals surface area contributed by atoms with Crippen molar-refractivity contribution in [3.05, 3.63) is 65.2 Å². The Morgan fingerprint density at radius 3 is 2.35 bits per heavy atom. The van der Waals surface area contributed by atoms with E-state index in [2.05, 4.69) is 16.0 Å². The van der Waals surface area contributed by atoms with Gasteiger partial charge >= 0.3 is 0 Å². The number of aryl methyl sites for hydroxylation is 2. The van der Waals surface area contributed by atoms with Gasteiger partial charge in [0.15, 0.2) is 5.11 Å². The summed E-state index contributed by atoms with van der Waals surface area (Å²) in [6.07, 6.45) is 1.42. The first-order valence-electron chi connectivity index (χ1n) is 8.43. The van der Waals surface area contributed by atoms with Gasteiger partial charge in [-0.25, -0.2) is 0 Å². The van der Waals surface area contributed by atoms with E-state index in [-0.39, 0.29) is 23.3 Å². The van der Waals surface area contributed by atoms with Gasteiger partial charge in [-0.05, 0) is 54.4 Å². The number of anilines is 1. The summed E-state index contributed by atoms with van der Waals surface area (Å²) in [7, 11) is 1.63. The molecule has 2 aromatic carbocycles. The highest BCUT2D eigenvalue weighted by Gasteiger charge is 2.08. The smallest absolute Gasteiger partial charge is 0.230 e. The highest BCUT2D eigenvalue weighted by Crippen LogP contribution is 2.11. The number of rotatable bonds is 6. The summed E-state index contributed by atoms with van der Waals surface area (Å²) in [6.45, 7) is 1.98. The van der Waals surface area contributed by atoms with Crippen molar-refractivity contribution in [2.45, 2.75) is 26.2 Å². The third kappa shape index (κ3) is 6.29. The molecule has 6 heteroatoms. The average molecular weight is 369 g/mol. The largest absolute Gasteiger partial charge is 0.359 e. The predicted octanol–water partition coefficient (Wildman–Crippen LogP) is 2.73. The van der Waals surface area contributed by atoms with Crippen LogP contribution >= 0.6 is 12.2 Å². The minimum atomic E-state index is -0.154. The standard InChI is InChI=1S/C20H23N3O2S/c1-14-5-3-4-6-16(14)13-19(25)23-20(26)22-17-10-7-15(8-11-17)9-12-18(24)21-2/h3-8,10-11H,9,12-13H2,1-2H3,(H,21,24)(H2,22,23,25,26). The monoisotopic (exact) mass is 369 g/mol. The minimum absolute atomic E-state index is 0.0183. The summed E-state index contributed by atoms with van der Waals surface area (Å²) >= 11 is 5.20. The zero-order chi connectivity index (χ0) is 18.9. The van der Waals surface area contributed by atoms with Crippen LogP contribution in [0.1, 0.15) is 23.1 Å². The van der Waals surface area contributed by atoms with Crippen molar-refractivity contribution in [3.8, 4) is 0 Å². The van der Waals surface area contributed by atoms with Gasteiger partial charge in [-0.3, -0.25) is 9.59 Å². The number of nitrogens with one attached hydrogen (secondary N) is 3. The molecule has 26 heavy (non-hydrogen) atoms. The maximum Gasteiger partial charge on any atom is 0.230 e. The maximum atomic E-state index is 12.1. The minimum Gasteiger partial charge on any atom is -0.359 e. The quantitative estimate of drug-likeness (QED) is 0.685. The van der Waals surface area contributed by atoms with Crippen LogP contribution in [-0.4, -0.2) is 24.0 Å². The molecule has 0 saturated heterocycles. The van der Waals surface area contributed by atoms with Gasteiger partial charge in [-0.1, -0.05) is 36.4 Å². The average Bonchev–Trinajstić information content (AvgIpc) is 2.62. The van der Waals surface area contributed by atoms with E-state index in [1.165, 1.54) is 0 Å². The third-order valence-corrected chi connectivity index (χ3v) is 4.20. The van der Waals surface area contributed by atoms with Gasteiger partial charge in [-0.15, -0.1) is 0 Å². The van der Waals surface area contributed by atoms with Crippen LogP contribution in [0, 0.1) is 6.92 Å². The number of benzene rings is 2. The zero-order valence-electron chi connectivity index (χ0n) is 15.0. The van der Waals surface area contributed by atoms with Crippen LogP contribution in [0.5, 0.6) is 0 Å². The Hall–Kier alpha value is -2.73. The van der Waals surface area contributed by atoms with Gasteiger partial charge in [0.2, 0.25) is 11.8 Å². The lowest BCUT2D eigenvalue weighted by Gasteiger charge is -2.11. The summed E-state index contributed by atoms with van der Waals surface area (Å²) in [5, 5.41) is 8.56. The summed E-state index contributed by atoms with van der Waals surface area (Å²) in [6, 6.07) is 15.4. The number of carbonyl (C=O) groups excluding carboxylic acids is 2. The lowest BCUT2D eigenvalue weighted by molar-refractivity contribution is -0.120. The fourth-order valence-electron chi connectivity index (χ4n) is 2.45. The Morgan fingerprint density at radius 2 is 1.69 bits per heavy atom. The van der Waals surface area contributed by atoms with Crippen molar-refractivity contribution >= 4 is 34.8 Å². The van der Waals surface area contributed by atoms with E-state index >= 15 is 0 Å². The number of hydrogen-bond donors (Lipinski definition) is 3. The summed E-state index contributed by atoms with van der Waals surface area (Å²) < 4.78 is 0. The summed E-state index contributed by atoms with van der Waals surface area (Å²) in [5.41, 5.74) is 3.91. The van der Waals surface area contributed by atoms with Gasteiger partial charge < -0.3 is 16.0 Å². The predicted molar refractivity (Wildman–Crippen MR) is 108 cm³/mol. The first kappa shape index (κ1) is 19.6. The molecule has 0 aromatic heterocycles. The molecule has 0 aliphatic carbocycles. The zero-order valence-corrected chi connectivity index (χ0v) is 15.8. The Bertz CT molecular complexity index is 788. The van der Waals surface area contributed by atoms with E-state index < -0.39 is 0 Å². The second-order valence-electron chi connectivity index (χ2n) is 5.98. The van der Waals surface area contributed by atoms with E-state index in [4.69, 9.17) is 12.2 Å². The lowest BCUT2D eigenvalue weighted by Crippen LogP contribution is -2.35. The first-order valence-corrected chi connectivity index (χ1v) is 8.83. The molecule has 0 aliphatic heterocycles. The normalized spacial score (nSPS) is 10.1. The molecule has 0 unspecified atom stereocenters. The molecule has 0 fully saturated rings. The van der Waals surface area contributed by atoms with Gasteiger partial charge in [0.05, 0.1) is 6.42 Å². The van der Waals surface area contributed by atoms with E-state index in [0.717, 1.165) is 22.4 Å². The highest BCUT2D eigenvalue weighted by atomic mass is 32.1. The maximum absolute atomic E-state index is 12.1. The molecular formula is C20H23N3O2S. The second kappa shape index (κ2) is 9.68. The molecule has 0 aliphatic rings. The van der Waals surface area contributed by atoms with Crippen molar-refractivity contribution in [2.24, 2.45) is 0 Å². The Morgan fingerprint density at radius 1 is 1.00 bits per heavy atom. The van der Waals surface area contributed by atoms with Crippen LogP contribution < -0.4 is 16.0 Å². The highest BCUT2D eigenvalue weighted by molar-refractivity contribution is 7.80. The van der Waals surface area contributed by atoms with Crippen LogP contribution in [0.25, 0.3) is 0 Å². The molecule has 2 amide bonds. The fraction of sp³-hybridized carbons (Fsp3) is 0.250. The molecule has 0 radical (unpaired) electrons. The van der Waals surface area contributed by atoms with Crippen LogP contribution in [0.2, 0.25) is 0 Å². The number of amides is 2. The number of hydrogen-bond acceptors (Lipinski definition) is 3. The van der Waals surface area contributed by atoms with Crippen LogP contribution in [0.15, 0.2) is 48.5 Å². The van der Waals surface area contributed by atoms with Crippen molar-refractivity contribution in [1.82, 2.24) is 10.6 Å². The topological polar surface area (TPSA) is 70.2 Å². The molecule has 5 nitrogen and oxygen atoms in total. The van der Waals surface area contributed by atoms with Gasteiger partial charge in [0.25, 0.3) is 0 Å². The van der Waals surface area contributed by atoms with E-state index in [1.54, 1.807) is 7.05 Å². The molecule has 0 bridgehead atoms. The number of carbonyl (C=O) groups is 2. The van der Waals surface area contributed by atoms with Crippen LogP contribution in [0.4, 0.5) is 5.69 Å². The molecule has 0 spiro atoms. The summed E-state index contributed by atoms with van der Waals surface area (Å²) in [4.78, 5) is 23.4. The molecule has 3 N–H and O–H groups in total. The molecule has 0 saturated carbocycles. The van der Waals surface area contributed by atoms with Crippen molar-refractivity contribution in [3.63, 3.8) is 0 Å². The third-order valence-electron chi connectivity index (χ3n) is 4.00. The van der Waals surface area contributed by atoms with Gasteiger partial charge in [-0.2, -0.15) is 0 Å². The first-order chi connectivity index (χ1) is 12.5. The Labute approximate surface area is 159 Å². The number of thiocarbonyl (C=S) groups is 1. The summed E-state index contributed by atoms with van der Waals surface area (Å²) in [5.74, 6) is -0.135. The van der Waals surface area contributed by atoms with Gasteiger partial charge in [0.1, 0.15) is 0 Å². The van der Waals surface area contributed by atoms with Crippen LogP contribution in [-0.2, 0) is 22.4 Å². The Kier molecular flexibility index (Phi) is 7.29. The van der Waals surface area contributed by atoms with Crippen LogP contribution in [0.3, 0.4) is 0 Å². The molecule has 2 rings (SSSR count). The van der Waals surface area contributed by atoms with E-state index in [1.807, 2.05) is 55.5 Å². The lowest BCUT2D eigenvalue weighted by atomic mass is 10.1. The SMILES string of the molecule is CNC(=O)CCc1ccc(NC(=S)NC(=O)Cc2ccccc2C)cc1. The fourth-order valence-corrected chi connectivity index (χ4v) is 2.68. The van der Waals surface area contributed by atoms with E-state index in [9.17, 15) is 9.59 Å². The van der Waals surface area contributed by atoms with Crippen molar-refractivity contribution in [2.75, 3.05) is 12.4 Å². The van der Waals surface area contributed by atoms with Crippen molar-refractivity contribution < 1.29 is 9.59 Å². The molecule has 0 heterocycles. The van der Waals surface area contributed by atoms with Gasteiger partial charge in [0, 0.05) is 19.2 Å². The Balaban J connectivity index is 1.82. The van der Waals surface area contributed by atoms with Crippen molar-refractivity contribution in [1.29, 1.82) is 0 Å². The molecular weight excluding hydrogens is 346 g/mol. The molecule has 2 aromatic rings.